The second-order valence-electron chi connectivity index (χ2n) is 3.95. The van der Waals surface area contributed by atoms with Crippen molar-refractivity contribution in [3.8, 4) is 12.3 Å². The van der Waals surface area contributed by atoms with Crippen molar-refractivity contribution in [1.29, 1.82) is 0 Å². The summed E-state index contributed by atoms with van der Waals surface area (Å²) in [5.74, 6) is 3.16. The molecule has 0 spiro atoms. The minimum atomic E-state index is 0.0477. The van der Waals surface area contributed by atoms with Crippen LogP contribution in [0.3, 0.4) is 0 Å². The van der Waals surface area contributed by atoms with E-state index in [1.54, 1.807) is 6.08 Å². The quantitative estimate of drug-likeness (QED) is 0.535. The van der Waals surface area contributed by atoms with Crippen molar-refractivity contribution < 1.29 is 0 Å². The van der Waals surface area contributed by atoms with E-state index in [0.29, 0.717) is 5.92 Å². The summed E-state index contributed by atoms with van der Waals surface area (Å²) in [6, 6.07) is 0.0477. The van der Waals surface area contributed by atoms with Gasteiger partial charge in [-0.3, -0.25) is 0 Å². The predicted octanol–water partition coefficient (Wildman–Crippen LogP) is 3.44. The number of rotatable bonds is 6. The van der Waals surface area contributed by atoms with Crippen LogP contribution in [0, 0.1) is 18.3 Å². The summed E-state index contributed by atoms with van der Waals surface area (Å²) in [4.78, 5) is 0. The van der Waals surface area contributed by atoms with Crippen LogP contribution in [0.2, 0.25) is 0 Å². The van der Waals surface area contributed by atoms with E-state index in [0.717, 1.165) is 18.4 Å². The van der Waals surface area contributed by atoms with Gasteiger partial charge in [0.25, 0.3) is 0 Å². The number of hydrogen-bond acceptors (Lipinski definition) is 1. The molecule has 0 saturated carbocycles. The third-order valence-electron chi connectivity index (χ3n) is 2.77. The van der Waals surface area contributed by atoms with E-state index in [-0.39, 0.29) is 6.04 Å². The number of allylic oxidation sites excluding steroid dienone is 4. The highest BCUT2D eigenvalue weighted by atomic mass is 14.6. The number of nitrogens with two attached hydrogens (primary N) is 1. The van der Waals surface area contributed by atoms with Crippen LogP contribution in [0.25, 0.3) is 0 Å². The van der Waals surface area contributed by atoms with E-state index in [1.165, 1.54) is 5.57 Å². The third-order valence-corrected chi connectivity index (χ3v) is 2.77. The van der Waals surface area contributed by atoms with Crippen molar-refractivity contribution in [3.63, 3.8) is 0 Å². The Morgan fingerprint density at radius 2 is 2.00 bits per heavy atom. The van der Waals surface area contributed by atoms with Crippen molar-refractivity contribution in [3.05, 3.63) is 36.0 Å². The molecule has 2 N–H and O–H groups in total. The molecule has 88 valence electrons. The smallest absolute Gasteiger partial charge is 0.0242 e. The molecule has 0 saturated heterocycles. The molecule has 1 atom stereocenters. The molecule has 0 fully saturated rings. The van der Waals surface area contributed by atoms with Gasteiger partial charge < -0.3 is 5.73 Å². The molecule has 0 rings (SSSR count). The summed E-state index contributed by atoms with van der Waals surface area (Å²) in [5, 5.41) is 0. The van der Waals surface area contributed by atoms with Gasteiger partial charge in [0.05, 0.1) is 0 Å². The van der Waals surface area contributed by atoms with E-state index in [4.69, 9.17) is 12.2 Å². The Kier molecular flexibility index (Phi) is 7.33. The molecule has 1 nitrogen and oxygen atoms in total. The lowest BCUT2D eigenvalue weighted by atomic mass is 9.88. The number of terminal acetylenes is 1. The van der Waals surface area contributed by atoms with Gasteiger partial charge in [0.15, 0.2) is 0 Å². The van der Waals surface area contributed by atoms with Gasteiger partial charge in [-0.1, -0.05) is 32.4 Å². The summed E-state index contributed by atoms with van der Waals surface area (Å²) in [5.41, 5.74) is 8.07. The standard InChI is InChI=1S/C15H23N/c1-6-10-13(7-2)11-15(12(5)16)14(8-3)9-4/h2,6,10-12,14H,1,8-9,16H2,3-5H3/b13-10-,15-11+. The molecule has 0 heterocycles. The molecule has 0 aromatic heterocycles. The van der Waals surface area contributed by atoms with E-state index < -0.39 is 0 Å². The van der Waals surface area contributed by atoms with Crippen LogP contribution in [0.5, 0.6) is 0 Å². The summed E-state index contributed by atoms with van der Waals surface area (Å²) >= 11 is 0. The summed E-state index contributed by atoms with van der Waals surface area (Å²) in [6.07, 6.45) is 13.2. The second-order valence-corrected chi connectivity index (χ2v) is 3.95. The zero-order chi connectivity index (χ0) is 12.6. The van der Waals surface area contributed by atoms with Gasteiger partial charge in [0, 0.05) is 11.6 Å². The summed E-state index contributed by atoms with van der Waals surface area (Å²) in [7, 11) is 0. The van der Waals surface area contributed by atoms with Gasteiger partial charge >= 0.3 is 0 Å². The summed E-state index contributed by atoms with van der Waals surface area (Å²) in [6.45, 7) is 10.0. The maximum Gasteiger partial charge on any atom is 0.0242 e. The van der Waals surface area contributed by atoms with Crippen molar-refractivity contribution in [2.24, 2.45) is 11.7 Å². The van der Waals surface area contributed by atoms with E-state index >= 15 is 0 Å². The largest absolute Gasteiger partial charge is 0.324 e. The molecule has 0 aliphatic heterocycles. The van der Waals surface area contributed by atoms with Crippen molar-refractivity contribution in [2.75, 3.05) is 0 Å². The maximum absolute atomic E-state index is 6.00. The molecule has 0 radical (unpaired) electrons. The first-order valence-electron chi connectivity index (χ1n) is 5.87. The SMILES string of the molecule is C#CC(/C=C(\C(C)N)C(CC)CC)=C/C=C. The lowest BCUT2D eigenvalue weighted by Gasteiger charge is -2.20. The lowest BCUT2D eigenvalue weighted by molar-refractivity contribution is 0.535. The average Bonchev–Trinajstić information content (AvgIpc) is 2.27. The molecule has 0 bridgehead atoms. The Morgan fingerprint density at radius 3 is 2.31 bits per heavy atom. The van der Waals surface area contributed by atoms with Crippen LogP contribution in [-0.2, 0) is 0 Å². The Bertz CT molecular complexity index is 309. The highest BCUT2D eigenvalue weighted by molar-refractivity contribution is 5.41. The minimum Gasteiger partial charge on any atom is -0.324 e. The Hall–Kier alpha value is -1.26. The molecule has 0 aliphatic rings. The normalized spacial score (nSPS) is 14.8. The van der Waals surface area contributed by atoms with Gasteiger partial charge in [0.1, 0.15) is 0 Å². The fourth-order valence-electron chi connectivity index (χ4n) is 1.83. The monoisotopic (exact) mass is 217 g/mol. The molecule has 16 heavy (non-hydrogen) atoms. The highest BCUT2D eigenvalue weighted by Gasteiger charge is 2.14. The lowest BCUT2D eigenvalue weighted by Crippen LogP contribution is -2.23. The van der Waals surface area contributed by atoms with Gasteiger partial charge in [-0.15, -0.1) is 6.42 Å². The Labute approximate surface area is 100 Å². The predicted molar refractivity (Wildman–Crippen MR) is 72.9 cm³/mol. The second kappa shape index (κ2) is 7.96. The zero-order valence-corrected chi connectivity index (χ0v) is 10.7. The molecule has 0 aromatic rings. The zero-order valence-electron chi connectivity index (χ0n) is 10.7. The first-order chi connectivity index (χ1) is 7.60. The van der Waals surface area contributed by atoms with Gasteiger partial charge in [-0.25, -0.2) is 0 Å². The fourth-order valence-corrected chi connectivity index (χ4v) is 1.83. The van der Waals surface area contributed by atoms with Crippen LogP contribution in [0.4, 0.5) is 0 Å². The molecular formula is C15H23N. The first-order valence-corrected chi connectivity index (χ1v) is 5.87. The van der Waals surface area contributed by atoms with E-state index in [1.807, 2.05) is 19.1 Å². The molecule has 1 heteroatoms. The van der Waals surface area contributed by atoms with Gasteiger partial charge in [0.2, 0.25) is 0 Å². The molecule has 0 aromatic carbocycles. The molecule has 0 aliphatic carbocycles. The highest BCUT2D eigenvalue weighted by Crippen LogP contribution is 2.22. The minimum absolute atomic E-state index is 0.0477. The van der Waals surface area contributed by atoms with Gasteiger partial charge in [-0.2, -0.15) is 0 Å². The number of hydrogen-bond donors (Lipinski definition) is 1. The molecule has 0 amide bonds. The fraction of sp³-hybridized carbons (Fsp3) is 0.467. The van der Waals surface area contributed by atoms with Crippen molar-refractivity contribution in [2.45, 2.75) is 39.7 Å². The molecule has 1 unspecified atom stereocenters. The average molecular weight is 217 g/mol. The van der Waals surface area contributed by atoms with Gasteiger partial charge in [-0.05, 0) is 43.4 Å². The van der Waals surface area contributed by atoms with Crippen LogP contribution in [0.15, 0.2) is 36.0 Å². The van der Waals surface area contributed by atoms with Crippen LogP contribution in [0.1, 0.15) is 33.6 Å². The van der Waals surface area contributed by atoms with Crippen LogP contribution in [-0.4, -0.2) is 6.04 Å². The topological polar surface area (TPSA) is 26.0 Å². The maximum atomic E-state index is 6.00. The van der Waals surface area contributed by atoms with E-state index in [9.17, 15) is 0 Å². The Morgan fingerprint density at radius 1 is 1.44 bits per heavy atom. The molecular weight excluding hydrogens is 194 g/mol. The van der Waals surface area contributed by atoms with Crippen molar-refractivity contribution >= 4 is 0 Å². The third kappa shape index (κ3) is 4.51. The van der Waals surface area contributed by atoms with E-state index in [2.05, 4.69) is 26.3 Å². The first kappa shape index (κ1) is 14.7. The van der Waals surface area contributed by atoms with Crippen LogP contribution < -0.4 is 5.73 Å². The van der Waals surface area contributed by atoms with Crippen molar-refractivity contribution in [1.82, 2.24) is 0 Å². The Balaban J connectivity index is 5.19. The summed E-state index contributed by atoms with van der Waals surface area (Å²) < 4.78 is 0. The van der Waals surface area contributed by atoms with Crippen LogP contribution >= 0.6 is 0 Å².